The van der Waals surface area contributed by atoms with Crippen molar-refractivity contribution in [1.29, 1.82) is 0 Å². The van der Waals surface area contributed by atoms with Crippen molar-refractivity contribution in [1.82, 2.24) is 24.6 Å². The van der Waals surface area contributed by atoms with E-state index in [0.717, 1.165) is 11.3 Å². The van der Waals surface area contributed by atoms with E-state index in [-0.39, 0.29) is 12.5 Å². The number of carbonyl (C=O) groups excluding carboxylic acids is 1. The number of para-hydroxylation sites is 1. The minimum atomic E-state index is -0.606. The molecule has 1 aromatic carbocycles. The summed E-state index contributed by atoms with van der Waals surface area (Å²) >= 11 is 0. The van der Waals surface area contributed by atoms with Crippen LogP contribution >= 0.6 is 0 Å². The smallest absolute Gasteiger partial charge is 0.406 e. The van der Waals surface area contributed by atoms with Gasteiger partial charge in [-0.25, -0.2) is 19.0 Å². The number of carbonyl (C=O) groups is 1. The molecule has 0 saturated heterocycles. The Balaban J connectivity index is 1.42. The first-order chi connectivity index (χ1) is 12.7. The van der Waals surface area contributed by atoms with Crippen LogP contribution in [-0.2, 0) is 17.9 Å². The van der Waals surface area contributed by atoms with Gasteiger partial charge in [0.2, 0.25) is 5.91 Å². The van der Waals surface area contributed by atoms with Crippen LogP contribution in [0.5, 0.6) is 0 Å². The van der Waals surface area contributed by atoms with Gasteiger partial charge in [-0.15, -0.1) is 0 Å². The number of benzene rings is 1. The molecule has 0 spiro atoms. The Morgan fingerprint density at radius 1 is 1.15 bits per heavy atom. The van der Waals surface area contributed by atoms with Gasteiger partial charge in [-0.2, -0.15) is 5.10 Å². The molecule has 0 radical (unpaired) electrons. The van der Waals surface area contributed by atoms with Gasteiger partial charge in [0.25, 0.3) is 0 Å². The summed E-state index contributed by atoms with van der Waals surface area (Å²) in [4.78, 5) is 28.1. The number of fused-ring (bicyclic) bond motifs is 1. The van der Waals surface area contributed by atoms with Gasteiger partial charge in [-0.1, -0.05) is 18.2 Å². The van der Waals surface area contributed by atoms with E-state index >= 15 is 0 Å². The Labute approximate surface area is 147 Å². The summed E-state index contributed by atoms with van der Waals surface area (Å²) in [7, 11) is 0. The molecule has 26 heavy (non-hydrogen) atoms. The zero-order valence-electron chi connectivity index (χ0n) is 13.7. The van der Waals surface area contributed by atoms with Crippen LogP contribution in [0.1, 0.15) is 5.56 Å². The fourth-order valence-electron chi connectivity index (χ4n) is 2.61. The number of nitrogens with one attached hydrogen (secondary N) is 1. The molecule has 8 heteroatoms. The van der Waals surface area contributed by atoms with Gasteiger partial charge in [-0.05, 0) is 24.3 Å². The summed E-state index contributed by atoms with van der Waals surface area (Å²) in [5.74, 6) is -0.918. The van der Waals surface area contributed by atoms with E-state index in [0.29, 0.717) is 17.8 Å². The van der Waals surface area contributed by atoms with Crippen LogP contribution < -0.4 is 11.1 Å². The zero-order chi connectivity index (χ0) is 17.9. The highest BCUT2D eigenvalue weighted by Crippen LogP contribution is 2.09. The molecule has 0 atom stereocenters. The second-order valence-electron chi connectivity index (χ2n) is 5.68. The fraction of sp³-hybridized carbons (Fsp3) is 0.111. The predicted octanol–water partition coefficient (Wildman–Crippen LogP) is 1.49. The van der Waals surface area contributed by atoms with Crippen molar-refractivity contribution in [3.8, 4) is 5.69 Å². The first kappa shape index (κ1) is 15.8. The standard InChI is InChI=1S/C18H15N5O3/c24-16(12-22-17-15(26-18(22)25)7-4-8-19-17)20-9-13-10-21-23(11-13)14-5-2-1-3-6-14/h1-8,10-11H,9,12H2,(H,20,24). The number of pyridine rings is 1. The number of hydrogen-bond acceptors (Lipinski definition) is 5. The number of aromatic nitrogens is 4. The molecule has 0 unspecified atom stereocenters. The number of rotatable bonds is 5. The summed E-state index contributed by atoms with van der Waals surface area (Å²) in [6.07, 6.45) is 5.08. The van der Waals surface area contributed by atoms with E-state index in [4.69, 9.17) is 4.42 Å². The molecule has 130 valence electrons. The van der Waals surface area contributed by atoms with Crippen LogP contribution in [0.25, 0.3) is 16.9 Å². The molecule has 0 aliphatic rings. The molecular weight excluding hydrogens is 334 g/mol. The molecule has 1 amide bonds. The molecule has 8 nitrogen and oxygen atoms in total. The molecular formula is C18H15N5O3. The Hall–Kier alpha value is -3.68. The van der Waals surface area contributed by atoms with Crippen LogP contribution in [0.4, 0.5) is 0 Å². The maximum Gasteiger partial charge on any atom is 0.421 e. The van der Waals surface area contributed by atoms with Crippen LogP contribution in [-0.4, -0.2) is 25.2 Å². The Morgan fingerprint density at radius 3 is 2.85 bits per heavy atom. The summed E-state index contributed by atoms with van der Waals surface area (Å²) < 4.78 is 8.01. The third-order valence-electron chi connectivity index (χ3n) is 3.87. The Kier molecular flexibility index (Phi) is 4.06. The van der Waals surface area contributed by atoms with Gasteiger partial charge in [-0.3, -0.25) is 4.79 Å². The van der Waals surface area contributed by atoms with Gasteiger partial charge in [0.1, 0.15) is 6.54 Å². The van der Waals surface area contributed by atoms with E-state index in [1.54, 1.807) is 29.2 Å². The summed E-state index contributed by atoms with van der Waals surface area (Å²) in [5.41, 5.74) is 2.50. The fourth-order valence-corrected chi connectivity index (χ4v) is 2.61. The van der Waals surface area contributed by atoms with Crippen LogP contribution in [0.15, 0.2) is 70.3 Å². The van der Waals surface area contributed by atoms with Gasteiger partial charge in [0.05, 0.1) is 11.9 Å². The molecule has 3 heterocycles. The van der Waals surface area contributed by atoms with Crippen molar-refractivity contribution < 1.29 is 9.21 Å². The predicted molar refractivity (Wildman–Crippen MR) is 93.7 cm³/mol. The number of nitrogens with zero attached hydrogens (tertiary/aromatic N) is 4. The van der Waals surface area contributed by atoms with Crippen molar-refractivity contribution >= 4 is 17.1 Å². The number of hydrogen-bond donors (Lipinski definition) is 1. The lowest BCUT2D eigenvalue weighted by molar-refractivity contribution is -0.121. The highest BCUT2D eigenvalue weighted by atomic mass is 16.4. The van der Waals surface area contributed by atoms with Crippen molar-refractivity contribution in [2.45, 2.75) is 13.1 Å². The molecule has 4 rings (SSSR count). The average molecular weight is 349 g/mol. The first-order valence-electron chi connectivity index (χ1n) is 8.01. The second kappa shape index (κ2) is 6.67. The lowest BCUT2D eigenvalue weighted by Crippen LogP contribution is -2.30. The van der Waals surface area contributed by atoms with E-state index in [2.05, 4.69) is 15.4 Å². The lowest BCUT2D eigenvalue weighted by atomic mass is 10.3. The van der Waals surface area contributed by atoms with Crippen molar-refractivity contribution in [2.24, 2.45) is 0 Å². The quantitative estimate of drug-likeness (QED) is 0.589. The maximum absolute atomic E-state index is 12.2. The van der Waals surface area contributed by atoms with Gasteiger partial charge < -0.3 is 9.73 Å². The highest BCUT2D eigenvalue weighted by Gasteiger charge is 2.13. The molecule has 0 aliphatic heterocycles. The van der Waals surface area contributed by atoms with Gasteiger partial charge in [0.15, 0.2) is 11.2 Å². The molecule has 4 aromatic rings. The monoisotopic (exact) mass is 349 g/mol. The number of oxazole rings is 1. The average Bonchev–Trinajstić information content (AvgIpc) is 3.26. The Bertz CT molecular complexity index is 1110. The minimum absolute atomic E-state index is 0.157. The summed E-state index contributed by atoms with van der Waals surface area (Å²) in [6.45, 7) is 0.152. The molecule has 0 aliphatic carbocycles. The SMILES string of the molecule is O=C(Cn1c(=O)oc2cccnc21)NCc1cnn(-c2ccccc2)c1. The molecule has 3 aromatic heterocycles. The van der Waals surface area contributed by atoms with E-state index in [9.17, 15) is 9.59 Å². The summed E-state index contributed by atoms with van der Waals surface area (Å²) in [5, 5.41) is 7.05. The molecule has 0 saturated carbocycles. The topological polar surface area (TPSA) is 94.9 Å². The first-order valence-corrected chi connectivity index (χ1v) is 8.01. The highest BCUT2D eigenvalue weighted by molar-refractivity contribution is 5.78. The van der Waals surface area contributed by atoms with Crippen molar-refractivity contribution in [2.75, 3.05) is 0 Å². The normalized spacial score (nSPS) is 10.9. The maximum atomic E-state index is 12.2. The van der Waals surface area contributed by atoms with Gasteiger partial charge >= 0.3 is 5.76 Å². The minimum Gasteiger partial charge on any atom is -0.406 e. The second-order valence-corrected chi connectivity index (χ2v) is 5.68. The Morgan fingerprint density at radius 2 is 2.00 bits per heavy atom. The molecule has 0 bridgehead atoms. The lowest BCUT2D eigenvalue weighted by Gasteiger charge is -2.04. The van der Waals surface area contributed by atoms with Crippen LogP contribution in [0, 0.1) is 0 Å². The molecule has 1 N–H and O–H groups in total. The third-order valence-corrected chi connectivity index (χ3v) is 3.87. The van der Waals surface area contributed by atoms with E-state index in [1.165, 1.54) is 4.57 Å². The van der Waals surface area contributed by atoms with Crippen LogP contribution in [0.2, 0.25) is 0 Å². The van der Waals surface area contributed by atoms with E-state index in [1.807, 2.05) is 36.5 Å². The molecule has 0 fully saturated rings. The van der Waals surface area contributed by atoms with E-state index < -0.39 is 5.76 Å². The van der Waals surface area contributed by atoms with Gasteiger partial charge in [0, 0.05) is 24.5 Å². The van der Waals surface area contributed by atoms with Crippen molar-refractivity contribution in [3.63, 3.8) is 0 Å². The number of amides is 1. The zero-order valence-corrected chi connectivity index (χ0v) is 13.7. The third kappa shape index (κ3) is 3.12. The van der Waals surface area contributed by atoms with Crippen molar-refractivity contribution in [3.05, 3.63) is 77.2 Å². The van der Waals surface area contributed by atoms with Crippen LogP contribution in [0.3, 0.4) is 0 Å². The summed E-state index contributed by atoms with van der Waals surface area (Å²) in [6, 6.07) is 13.0. The largest absolute Gasteiger partial charge is 0.421 e.